The minimum atomic E-state index is 0.826. The van der Waals surface area contributed by atoms with E-state index in [0.717, 1.165) is 33.5 Å². The van der Waals surface area contributed by atoms with Gasteiger partial charge in [-0.05, 0) is 37.1 Å². The second kappa shape index (κ2) is 6.26. The van der Waals surface area contributed by atoms with Crippen LogP contribution in [0.2, 0.25) is 0 Å². The fraction of sp³-hybridized carbons (Fsp3) is 0.150. The summed E-state index contributed by atoms with van der Waals surface area (Å²) in [4.78, 5) is 5.80. The number of imidazole rings is 1. The molecular formula is C20H19N3OS. The van der Waals surface area contributed by atoms with Gasteiger partial charge in [-0.3, -0.25) is 4.40 Å². The lowest BCUT2D eigenvalue weighted by atomic mass is 10.1. The Labute approximate surface area is 150 Å². The quantitative estimate of drug-likeness (QED) is 0.534. The Kier molecular flexibility index (Phi) is 3.93. The average molecular weight is 349 g/mol. The van der Waals surface area contributed by atoms with E-state index >= 15 is 0 Å². The normalized spacial score (nSPS) is 11.0. The first-order valence-electron chi connectivity index (χ1n) is 8.10. The summed E-state index contributed by atoms with van der Waals surface area (Å²) in [5, 5.41) is 5.67. The monoisotopic (exact) mass is 349 g/mol. The second-order valence-electron chi connectivity index (χ2n) is 5.99. The molecule has 4 rings (SSSR count). The highest BCUT2D eigenvalue weighted by Crippen LogP contribution is 2.35. The van der Waals surface area contributed by atoms with E-state index < -0.39 is 0 Å². The van der Waals surface area contributed by atoms with E-state index in [1.807, 2.05) is 29.8 Å². The molecule has 2 aromatic carbocycles. The SMILES string of the molecule is COc1cccc(-c2nc3sccn3c2Nc2c(C)cccc2C)c1. The summed E-state index contributed by atoms with van der Waals surface area (Å²) in [5.41, 5.74) is 5.50. The van der Waals surface area contributed by atoms with E-state index in [-0.39, 0.29) is 0 Å². The van der Waals surface area contributed by atoms with Gasteiger partial charge in [-0.1, -0.05) is 30.3 Å². The Hall–Kier alpha value is -2.79. The zero-order chi connectivity index (χ0) is 17.4. The first-order valence-corrected chi connectivity index (χ1v) is 8.98. The van der Waals surface area contributed by atoms with Crippen LogP contribution in [0.5, 0.6) is 5.75 Å². The third-order valence-corrected chi connectivity index (χ3v) is 5.09. The summed E-state index contributed by atoms with van der Waals surface area (Å²) in [6.07, 6.45) is 2.05. The molecule has 0 bridgehead atoms. The third-order valence-electron chi connectivity index (χ3n) is 4.33. The van der Waals surface area contributed by atoms with Crippen molar-refractivity contribution in [3.63, 3.8) is 0 Å². The number of nitrogens with one attached hydrogen (secondary N) is 1. The molecule has 2 heterocycles. The number of methoxy groups -OCH3 is 1. The molecule has 4 aromatic rings. The maximum atomic E-state index is 5.38. The standard InChI is InChI=1S/C20H19N3OS/c1-13-6-4-7-14(2)17(13)21-19-18(22-20-23(19)10-11-25-20)15-8-5-9-16(12-15)24-3/h4-12,21H,1-3H3. The van der Waals surface area contributed by atoms with E-state index in [1.165, 1.54) is 11.1 Å². The molecule has 5 heteroatoms. The molecule has 1 N–H and O–H groups in total. The number of fused-ring (bicyclic) bond motifs is 1. The topological polar surface area (TPSA) is 38.6 Å². The number of hydrogen-bond donors (Lipinski definition) is 1. The van der Waals surface area contributed by atoms with Crippen molar-refractivity contribution in [2.75, 3.05) is 12.4 Å². The number of hydrogen-bond acceptors (Lipinski definition) is 4. The largest absolute Gasteiger partial charge is 0.497 e. The molecule has 0 unspecified atom stereocenters. The van der Waals surface area contributed by atoms with Crippen LogP contribution in [0.15, 0.2) is 54.0 Å². The van der Waals surface area contributed by atoms with Crippen LogP contribution >= 0.6 is 11.3 Å². The number of anilines is 2. The summed E-state index contributed by atoms with van der Waals surface area (Å²) >= 11 is 1.63. The highest BCUT2D eigenvalue weighted by Gasteiger charge is 2.17. The average Bonchev–Trinajstić information content (AvgIpc) is 3.20. The minimum absolute atomic E-state index is 0.826. The van der Waals surface area contributed by atoms with Crippen molar-refractivity contribution >= 4 is 27.8 Å². The van der Waals surface area contributed by atoms with Gasteiger partial charge in [-0.2, -0.15) is 0 Å². The molecule has 0 aliphatic carbocycles. The van der Waals surface area contributed by atoms with Crippen molar-refractivity contribution in [2.24, 2.45) is 0 Å². The number of ether oxygens (including phenoxy) is 1. The van der Waals surface area contributed by atoms with Crippen molar-refractivity contribution in [2.45, 2.75) is 13.8 Å². The summed E-state index contributed by atoms with van der Waals surface area (Å²) in [5.74, 6) is 1.80. The van der Waals surface area contributed by atoms with E-state index in [1.54, 1.807) is 18.4 Å². The molecule has 0 aliphatic heterocycles. The van der Waals surface area contributed by atoms with E-state index in [9.17, 15) is 0 Å². The lowest BCUT2D eigenvalue weighted by Crippen LogP contribution is -2.00. The number of rotatable bonds is 4. The Bertz CT molecular complexity index is 1030. The molecule has 0 radical (unpaired) electrons. The van der Waals surface area contributed by atoms with Crippen molar-refractivity contribution in [3.05, 3.63) is 65.2 Å². The minimum Gasteiger partial charge on any atom is -0.497 e. The van der Waals surface area contributed by atoms with Crippen LogP contribution in [-0.4, -0.2) is 16.5 Å². The number of benzene rings is 2. The predicted octanol–water partition coefficient (Wildman–Crippen LogP) is 5.43. The zero-order valence-corrected chi connectivity index (χ0v) is 15.2. The summed E-state index contributed by atoms with van der Waals surface area (Å²) in [6.45, 7) is 4.23. The highest BCUT2D eigenvalue weighted by atomic mass is 32.1. The molecule has 0 spiro atoms. The van der Waals surface area contributed by atoms with Crippen LogP contribution in [0.4, 0.5) is 11.5 Å². The van der Waals surface area contributed by atoms with Gasteiger partial charge in [0.25, 0.3) is 0 Å². The Morgan fingerprint density at radius 3 is 2.60 bits per heavy atom. The van der Waals surface area contributed by atoms with Crippen LogP contribution in [0, 0.1) is 13.8 Å². The fourth-order valence-corrected chi connectivity index (χ4v) is 3.72. The molecule has 126 valence electrons. The maximum absolute atomic E-state index is 5.38. The summed E-state index contributed by atoms with van der Waals surface area (Å²) in [6, 6.07) is 14.3. The van der Waals surface area contributed by atoms with Gasteiger partial charge in [0.2, 0.25) is 0 Å². The van der Waals surface area contributed by atoms with Crippen LogP contribution in [-0.2, 0) is 0 Å². The fourth-order valence-electron chi connectivity index (χ4n) is 3.01. The number of aryl methyl sites for hydroxylation is 2. The van der Waals surface area contributed by atoms with E-state index in [2.05, 4.69) is 47.8 Å². The number of para-hydroxylation sites is 1. The van der Waals surface area contributed by atoms with Gasteiger partial charge in [0.05, 0.1) is 7.11 Å². The van der Waals surface area contributed by atoms with Crippen LogP contribution < -0.4 is 10.1 Å². The molecule has 0 saturated carbocycles. The van der Waals surface area contributed by atoms with Gasteiger partial charge >= 0.3 is 0 Å². The first-order chi connectivity index (χ1) is 12.2. The molecule has 0 saturated heterocycles. The molecule has 0 atom stereocenters. The van der Waals surface area contributed by atoms with E-state index in [0.29, 0.717) is 0 Å². The van der Waals surface area contributed by atoms with Gasteiger partial charge in [-0.25, -0.2) is 4.98 Å². The van der Waals surface area contributed by atoms with E-state index in [4.69, 9.17) is 9.72 Å². The van der Waals surface area contributed by atoms with Crippen molar-refractivity contribution in [3.8, 4) is 17.0 Å². The van der Waals surface area contributed by atoms with Crippen molar-refractivity contribution in [1.82, 2.24) is 9.38 Å². The van der Waals surface area contributed by atoms with Crippen LogP contribution in [0.3, 0.4) is 0 Å². The smallest absolute Gasteiger partial charge is 0.195 e. The molecular weight excluding hydrogens is 330 g/mol. The van der Waals surface area contributed by atoms with Gasteiger partial charge < -0.3 is 10.1 Å². The molecule has 25 heavy (non-hydrogen) atoms. The van der Waals surface area contributed by atoms with Crippen LogP contribution in [0.25, 0.3) is 16.2 Å². The Morgan fingerprint density at radius 1 is 1.08 bits per heavy atom. The van der Waals surface area contributed by atoms with Gasteiger partial charge in [0, 0.05) is 22.8 Å². The number of thiazole rings is 1. The lowest BCUT2D eigenvalue weighted by molar-refractivity contribution is 0.415. The lowest BCUT2D eigenvalue weighted by Gasteiger charge is -2.13. The molecule has 0 aliphatic rings. The second-order valence-corrected chi connectivity index (χ2v) is 6.86. The third kappa shape index (κ3) is 2.76. The van der Waals surface area contributed by atoms with Gasteiger partial charge in [-0.15, -0.1) is 11.3 Å². The van der Waals surface area contributed by atoms with Crippen molar-refractivity contribution < 1.29 is 4.74 Å². The maximum Gasteiger partial charge on any atom is 0.195 e. The van der Waals surface area contributed by atoms with Crippen LogP contribution in [0.1, 0.15) is 11.1 Å². The molecule has 2 aromatic heterocycles. The molecule has 4 nitrogen and oxygen atoms in total. The zero-order valence-electron chi connectivity index (χ0n) is 14.4. The first kappa shape index (κ1) is 15.7. The Morgan fingerprint density at radius 2 is 1.84 bits per heavy atom. The molecule has 0 amide bonds. The summed E-state index contributed by atoms with van der Waals surface area (Å²) in [7, 11) is 1.68. The summed E-state index contributed by atoms with van der Waals surface area (Å²) < 4.78 is 7.48. The van der Waals surface area contributed by atoms with Gasteiger partial charge in [0.1, 0.15) is 17.3 Å². The van der Waals surface area contributed by atoms with Crippen molar-refractivity contribution in [1.29, 1.82) is 0 Å². The number of aromatic nitrogens is 2. The van der Waals surface area contributed by atoms with Gasteiger partial charge in [0.15, 0.2) is 4.96 Å². The number of nitrogens with zero attached hydrogens (tertiary/aromatic N) is 2. The Balaban J connectivity index is 1.89. The molecule has 0 fully saturated rings. The predicted molar refractivity (Wildman–Crippen MR) is 104 cm³/mol. The highest BCUT2D eigenvalue weighted by molar-refractivity contribution is 7.15.